The standard InChI is InChI=1S/C16H24N2O.C10H14N2O2.C9H18/c1-7-10-15(19)16(12(4)8-2)18-13(5)14(9-3)11-17-6;1-12(2)10-9(5-3-6-11-10)14-8-4-7-13;1-3-8(2)9-6-4-5-7-9/h7,9,11H,1,8,10H2,2-6H3;3,5-7H,4,8H2,1-2H3;8-9H,3-7H2,1-2H3/b14-9-,16-12?,17-11?,18-13?;;. The number of Topliss-reactive ketones (excluding diaryl/α,β-unsaturated/α-hetero) is 1. The van der Waals surface area contributed by atoms with Crippen LogP contribution in [0.4, 0.5) is 5.82 Å². The summed E-state index contributed by atoms with van der Waals surface area (Å²) in [6.07, 6.45) is 16.8. The summed E-state index contributed by atoms with van der Waals surface area (Å²) in [5.41, 5.74) is 3.27. The first-order chi connectivity index (χ1) is 20.1. The number of hydrogen-bond acceptors (Lipinski definition) is 7. The second-order valence-electron chi connectivity index (χ2n) is 10.7. The van der Waals surface area contributed by atoms with Gasteiger partial charge in [0.25, 0.3) is 0 Å². The van der Waals surface area contributed by atoms with E-state index in [2.05, 4.69) is 35.4 Å². The van der Waals surface area contributed by atoms with Crippen molar-refractivity contribution in [3.05, 3.63) is 53.9 Å². The van der Waals surface area contributed by atoms with Crippen molar-refractivity contribution >= 4 is 29.8 Å². The number of allylic oxidation sites excluding steroid dienone is 5. The number of aldehydes is 1. The van der Waals surface area contributed by atoms with Crippen LogP contribution in [0.3, 0.4) is 0 Å². The van der Waals surface area contributed by atoms with Crippen molar-refractivity contribution < 1.29 is 14.3 Å². The molecule has 0 aromatic carbocycles. The molecule has 1 saturated carbocycles. The number of pyridine rings is 1. The van der Waals surface area contributed by atoms with Crippen LogP contribution >= 0.6 is 0 Å². The summed E-state index contributed by atoms with van der Waals surface area (Å²) in [5, 5.41) is 0. The lowest BCUT2D eigenvalue weighted by Crippen LogP contribution is -2.12. The number of hydrogen-bond donors (Lipinski definition) is 0. The molecule has 0 aliphatic heterocycles. The Labute approximate surface area is 256 Å². The van der Waals surface area contributed by atoms with Gasteiger partial charge in [0, 0.05) is 57.7 Å². The van der Waals surface area contributed by atoms with E-state index < -0.39 is 0 Å². The minimum atomic E-state index is 0.0117. The van der Waals surface area contributed by atoms with Crippen LogP contribution in [0.1, 0.15) is 92.9 Å². The highest BCUT2D eigenvalue weighted by molar-refractivity contribution is 6.16. The molecule has 1 unspecified atom stereocenters. The maximum Gasteiger partial charge on any atom is 0.184 e. The Morgan fingerprint density at radius 1 is 1.24 bits per heavy atom. The highest BCUT2D eigenvalue weighted by Gasteiger charge is 2.19. The summed E-state index contributed by atoms with van der Waals surface area (Å²) in [5.74, 6) is 3.57. The SMILES string of the molecule is C=CCC(=O)C(N=C(C)/C(C=NC)=C\C)=C(C)CC.CCC(C)C1CCCC1.CN(C)c1ncccc1OCCC=O. The molecule has 0 saturated heterocycles. The quantitative estimate of drug-likeness (QED) is 0.0727. The molecular formula is C35H56N4O3. The fourth-order valence-corrected chi connectivity index (χ4v) is 4.45. The maximum atomic E-state index is 12.1. The number of carbonyl (C=O) groups excluding carboxylic acids is 2. The minimum Gasteiger partial charge on any atom is -0.489 e. The Kier molecular flexibility index (Phi) is 21.4. The smallest absolute Gasteiger partial charge is 0.184 e. The lowest BCUT2D eigenvalue weighted by Gasteiger charge is -2.15. The first kappa shape index (κ1) is 38.6. The summed E-state index contributed by atoms with van der Waals surface area (Å²) in [4.78, 5) is 36.7. The van der Waals surface area contributed by atoms with Gasteiger partial charge in [-0.05, 0) is 56.7 Å². The van der Waals surface area contributed by atoms with Crippen molar-refractivity contribution in [3.8, 4) is 5.75 Å². The summed E-state index contributed by atoms with van der Waals surface area (Å²) < 4.78 is 5.40. The topological polar surface area (TPSA) is 84.2 Å². The Bertz CT molecular complexity index is 1060. The number of ketones is 1. The molecule has 0 radical (unpaired) electrons. The van der Waals surface area contributed by atoms with Crippen LogP contribution in [0.25, 0.3) is 0 Å². The predicted octanol–water partition coefficient (Wildman–Crippen LogP) is 8.26. The minimum absolute atomic E-state index is 0.0117. The second kappa shape index (κ2) is 23.2. The van der Waals surface area contributed by atoms with Crippen LogP contribution in [0.15, 0.2) is 63.9 Å². The third kappa shape index (κ3) is 15.0. The zero-order chi connectivity index (χ0) is 31.9. The molecule has 7 heteroatoms. The van der Waals surface area contributed by atoms with E-state index in [-0.39, 0.29) is 5.78 Å². The lowest BCUT2D eigenvalue weighted by atomic mass is 9.91. The van der Waals surface area contributed by atoms with E-state index >= 15 is 0 Å². The van der Waals surface area contributed by atoms with Crippen molar-refractivity contribution in [2.45, 2.75) is 92.9 Å². The molecule has 1 aromatic rings. The Hall–Kier alpha value is -3.35. The fourth-order valence-electron chi connectivity index (χ4n) is 4.45. The Morgan fingerprint density at radius 2 is 1.90 bits per heavy atom. The highest BCUT2D eigenvalue weighted by atomic mass is 16.5. The molecule has 1 atom stereocenters. The molecule has 42 heavy (non-hydrogen) atoms. The van der Waals surface area contributed by atoms with Crippen LogP contribution in [-0.2, 0) is 9.59 Å². The molecule has 1 fully saturated rings. The van der Waals surface area contributed by atoms with Gasteiger partial charge >= 0.3 is 0 Å². The molecule has 1 aromatic heterocycles. The zero-order valence-corrected chi connectivity index (χ0v) is 27.8. The first-order valence-electron chi connectivity index (χ1n) is 15.3. The van der Waals surface area contributed by atoms with Gasteiger partial charge in [-0.3, -0.25) is 9.79 Å². The van der Waals surface area contributed by atoms with Crippen molar-refractivity contribution in [2.75, 3.05) is 32.6 Å². The molecule has 1 heterocycles. The third-order valence-corrected chi connectivity index (χ3v) is 7.32. The largest absolute Gasteiger partial charge is 0.489 e. The summed E-state index contributed by atoms with van der Waals surface area (Å²) >= 11 is 0. The Balaban J connectivity index is 0.000000638. The van der Waals surface area contributed by atoms with E-state index in [0.717, 1.165) is 47.2 Å². The van der Waals surface area contributed by atoms with Crippen LogP contribution in [-0.4, -0.2) is 56.7 Å². The number of aromatic nitrogens is 1. The molecule has 234 valence electrons. The number of anilines is 1. The highest BCUT2D eigenvalue weighted by Crippen LogP contribution is 2.32. The molecule has 0 bridgehead atoms. The normalized spacial score (nSPS) is 15.1. The molecule has 0 amide bonds. The molecule has 0 spiro atoms. The fraction of sp³-hybridized carbons (Fsp3) is 0.571. The van der Waals surface area contributed by atoms with E-state index in [1.807, 2.05) is 64.9 Å². The van der Waals surface area contributed by atoms with Crippen LogP contribution in [0, 0.1) is 11.8 Å². The van der Waals surface area contributed by atoms with Crippen molar-refractivity contribution in [1.82, 2.24) is 4.98 Å². The van der Waals surface area contributed by atoms with Gasteiger partial charge in [0.15, 0.2) is 17.4 Å². The molecule has 2 rings (SSSR count). The molecule has 1 aliphatic rings. The number of nitrogens with zero attached hydrogens (tertiary/aromatic N) is 4. The molecule has 7 nitrogen and oxygen atoms in total. The number of aliphatic imine (C=N–C) groups is 2. The van der Waals surface area contributed by atoms with Crippen molar-refractivity contribution in [1.29, 1.82) is 0 Å². The van der Waals surface area contributed by atoms with Gasteiger partial charge in [-0.1, -0.05) is 65.0 Å². The predicted molar refractivity (Wildman–Crippen MR) is 180 cm³/mol. The van der Waals surface area contributed by atoms with Crippen molar-refractivity contribution in [3.63, 3.8) is 0 Å². The van der Waals surface area contributed by atoms with Gasteiger partial charge < -0.3 is 14.4 Å². The van der Waals surface area contributed by atoms with Gasteiger partial charge in [-0.15, -0.1) is 6.58 Å². The van der Waals surface area contributed by atoms with Gasteiger partial charge in [-0.25, -0.2) is 9.98 Å². The average molecular weight is 581 g/mol. The number of ether oxygens (including phenoxy) is 1. The maximum absolute atomic E-state index is 12.1. The van der Waals surface area contributed by atoms with E-state index in [4.69, 9.17) is 4.74 Å². The first-order valence-corrected chi connectivity index (χ1v) is 15.3. The number of rotatable bonds is 14. The Morgan fingerprint density at radius 3 is 2.40 bits per heavy atom. The second-order valence-corrected chi connectivity index (χ2v) is 10.7. The van der Waals surface area contributed by atoms with Crippen LogP contribution in [0.2, 0.25) is 0 Å². The van der Waals surface area contributed by atoms with Gasteiger partial charge in [-0.2, -0.15) is 0 Å². The zero-order valence-electron chi connectivity index (χ0n) is 27.8. The third-order valence-electron chi connectivity index (χ3n) is 7.32. The summed E-state index contributed by atoms with van der Waals surface area (Å²) in [6, 6.07) is 3.65. The van der Waals surface area contributed by atoms with Crippen LogP contribution in [0.5, 0.6) is 5.75 Å². The van der Waals surface area contributed by atoms with E-state index in [9.17, 15) is 9.59 Å². The van der Waals surface area contributed by atoms with E-state index in [1.165, 1.54) is 32.1 Å². The van der Waals surface area contributed by atoms with Crippen molar-refractivity contribution in [2.24, 2.45) is 21.8 Å². The molecule has 1 aliphatic carbocycles. The lowest BCUT2D eigenvalue weighted by molar-refractivity contribution is -0.115. The van der Waals surface area contributed by atoms with Gasteiger partial charge in [0.05, 0.1) is 6.61 Å². The van der Waals surface area contributed by atoms with Gasteiger partial charge in [0.1, 0.15) is 12.0 Å². The molecular weight excluding hydrogens is 524 g/mol. The van der Waals surface area contributed by atoms with E-state index in [0.29, 0.717) is 30.9 Å². The average Bonchev–Trinajstić information content (AvgIpc) is 3.54. The summed E-state index contributed by atoms with van der Waals surface area (Å²) in [6.45, 7) is 16.5. The summed E-state index contributed by atoms with van der Waals surface area (Å²) in [7, 11) is 5.51. The van der Waals surface area contributed by atoms with Crippen LogP contribution < -0.4 is 9.64 Å². The number of carbonyl (C=O) groups is 2. The molecule has 0 N–H and O–H groups in total. The van der Waals surface area contributed by atoms with E-state index in [1.54, 1.807) is 25.5 Å². The van der Waals surface area contributed by atoms with Gasteiger partial charge in [0.2, 0.25) is 0 Å². The monoisotopic (exact) mass is 580 g/mol.